The lowest BCUT2D eigenvalue weighted by molar-refractivity contribution is -0.137. The van der Waals surface area contributed by atoms with Gasteiger partial charge >= 0.3 is 12.3 Å². The second-order valence-corrected chi connectivity index (χ2v) is 4.06. The van der Waals surface area contributed by atoms with Crippen LogP contribution >= 0.6 is 0 Å². The fourth-order valence-electron chi connectivity index (χ4n) is 1.90. The zero-order valence-electron chi connectivity index (χ0n) is 9.41. The summed E-state index contributed by atoms with van der Waals surface area (Å²) in [6, 6.07) is 6.66. The minimum atomic E-state index is -4.04. The van der Waals surface area contributed by atoms with E-state index < -0.39 is 18.9 Å². The van der Waals surface area contributed by atoms with Crippen molar-refractivity contribution in [1.29, 1.82) is 0 Å². The van der Waals surface area contributed by atoms with Gasteiger partial charge in [0.1, 0.15) is 0 Å². The van der Waals surface area contributed by atoms with Gasteiger partial charge in [0.2, 0.25) is 0 Å². The molecule has 2 N–H and O–H groups in total. The SMILES string of the molecule is NCc1cccc2c1ccn2CC(F)(F)C(F)F. The number of fused-ring (bicyclic) bond motifs is 1. The number of aromatic nitrogens is 1. The second-order valence-electron chi connectivity index (χ2n) is 4.06. The van der Waals surface area contributed by atoms with E-state index in [0.717, 1.165) is 10.1 Å². The highest BCUT2D eigenvalue weighted by Gasteiger charge is 2.41. The van der Waals surface area contributed by atoms with E-state index in [-0.39, 0.29) is 6.54 Å². The number of halogens is 4. The van der Waals surface area contributed by atoms with Crippen molar-refractivity contribution in [3.63, 3.8) is 0 Å². The van der Waals surface area contributed by atoms with Gasteiger partial charge in [-0.05, 0) is 17.7 Å². The molecule has 0 aliphatic heterocycles. The van der Waals surface area contributed by atoms with Crippen molar-refractivity contribution in [1.82, 2.24) is 4.57 Å². The summed E-state index contributed by atoms with van der Waals surface area (Å²) in [5.74, 6) is -4.04. The van der Waals surface area contributed by atoms with E-state index in [4.69, 9.17) is 5.73 Å². The lowest BCUT2D eigenvalue weighted by atomic mass is 10.1. The highest BCUT2D eigenvalue weighted by atomic mass is 19.3. The molecule has 18 heavy (non-hydrogen) atoms. The highest BCUT2D eigenvalue weighted by molar-refractivity contribution is 5.83. The first-order chi connectivity index (χ1) is 8.45. The molecule has 0 spiro atoms. The van der Waals surface area contributed by atoms with Crippen LogP contribution in [0.1, 0.15) is 5.56 Å². The van der Waals surface area contributed by atoms with E-state index >= 15 is 0 Å². The third-order valence-corrected chi connectivity index (χ3v) is 2.82. The van der Waals surface area contributed by atoms with Crippen molar-refractivity contribution in [2.75, 3.05) is 0 Å². The van der Waals surface area contributed by atoms with Gasteiger partial charge in [0.15, 0.2) is 0 Å². The lowest BCUT2D eigenvalue weighted by Crippen LogP contribution is -2.31. The van der Waals surface area contributed by atoms with Crippen LogP contribution in [0.5, 0.6) is 0 Å². The zero-order chi connectivity index (χ0) is 13.3. The number of nitrogens with two attached hydrogens (primary N) is 1. The first-order valence-corrected chi connectivity index (χ1v) is 5.38. The maximum Gasteiger partial charge on any atom is 0.324 e. The average molecular weight is 260 g/mol. The van der Waals surface area contributed by atoms with Crippen LogP contribution in [0.2, 0.25) is 0 Å². The largest absolute Gasteiger partial charge is 0.341 e. The molecule has 0 atom stereocenters. The molecule has 0 unspecified atom stereocenters. The van der Waals surface area contributed by atoms with E-state index in [1.165, 1.54) is 6.20 Å². The molecule has 2 nitrogen and oxygen atoms in total. The molecule has 1 aromatic heterocycles. The van der Waals surface area contributed by atoms with Gasteiger partial charge in [-0.2, -0.15) is 8.78 Å². The van der Waals surface area contributed by atoms with Gasteiger partial charge in [0, 0.05) is 23.6 Å². The predicted molar refractivity (Wildman–Crippen MR) is 60.8 cm³/mol. The van der Waals surface area contributed by atoms with Crippen LogP contribution in [0.25, 0.3) is 10.9 Å². The van der Waals surface area contributed by atoms with Gasteiger partial charge in [-0.15, -0.1) is 0 Å². The number of hydrogen-bond acceptors (Lipinski definition) is 1. The van der Waals surface area contributed by atoms with Crippen LogP contribution in [-0.2, 0) is 13.1 Å². The van der Waals surface area contributed by atoms with Crippen LogP contribution in [0, 0.1) is 0 Å². The molecular formula is C12H12F4N2. The maximum atomic E-state index is 13.0. The summed E-state index contributed by atoms with van der Waals surface area (Å²) < 4.78 is 51.5. The van der Waals surface area contributed by atoms with E-state index in [9.17, 15) is 17.6 Å². The van der Waals surface area contributed by atoms with E-state index in [1.807, 2.05) is 0 Å². The molecule has 2 rings (SSSR count). The van der Waals surface area contributed by atoms with Crippen LogP contribution in [0.4, 0.5) is 17.6 Å². The molecule has 0 amide bonds. The van der Waals surface area contributed by atoms with Gasteiger partial charge in [-0.1, -0.05) is 12.1 Å². The summed E-state index contributed by atoms with van der Waals surface area (Å²) in [5, 5.41) is 0.713. The summed E-state index contributed by atoms with van der Waals surface area (Å²) in [5.41, 5.74) is 6.81. The number of nitrogens with zero attached hydrogens (tertiary/aromatic N) is 1. The fourth-order valence-corrected chi connectivity index (χ4v) is 1.90. The Morgan fingerprint density at radius 1 is 1.22 bits per heavy atom. The average Bonchev–Trinajstić information content (AvgIpc) is 2.71. The molecule has 1 heterocycles. The standard InChI is InChI=1S/C12H12F4N2/c13-11(14)12(15,16)7-18-5-4-9-8(6-17)2-1-3-10(9)18/h1-5,11H,6-7,17H2. The molecule has 0 saturated heterocycles. The summed E-state index contributed by atoms with van der Waals surface area (Å²) in [7, 11) is 0. The van der Waals surface area contributed by atoms with Crippen molar-refractivity contribution in [2.24, 2.45) is 5.73 Å². The zero-order valence-corrected chi connectivity index (χ0v) is 9.41. The van der Waals surface area contributed by atoms with Gasteiger partial charge in [-0.25, -0.2) is 8.78 Å². The summed E-state index contributed by atoms with van der Waals surface area (Å²) in [4.78, 5) is 0. The topological polar surface area (TPSA) is 30.9 Å². The Labute approximate surface area is 101 Å². The molecule has 0 radical (unpaired) electrons. The van der Waals surface area contributed by atoms with Crippen molar-refractivity contribution in [2.45, 2.75) is 25.4 Å². The Balaban J connectivity index is 2.42. The number of rotatable bonds is 4. The lowest BCUT2D eigenvalue weighted by Gasteiger charge is -2.16. The normalized spacial score (nSPS) is 12.6. The van der Waals surface area contributed by atoms with Gasteiger partial charge < -0.3 is 10.3 Å². The molecule has 98 valence electrons. The smallest absolute Gasteiger partial charge is 0.324 e. The van der Waals surface area contributed by atoms with Crippen molar-refractivity contribution < 1.29 is 17.6 Å². The Morgan fingerprint density at radius 2 is 1.94 bits per heavy atom. The van der Waals surface area contributed by atoms with Crippen LogP contribution in [0.15, 0.2) is 30.5 Å². The van der Waals surface area contributed by atoms with Crippen LogP contribution < -0.4 is 5.73 Å². The maximum absolute atomic E-state index is 13.0. The number of hydrogen-bond donors (Lipinski definition) is 1. The van der Waals surface area contributed by atoms with Crippen molar-refractivity contribution in [3.8, 4) is 0 Å². The molecule has 0 saturated carbocycles. The number of benzene rings is 1. The predicted octanol–water partition coefficient (Wildman–Crippen LogP) is 3.00. The first-order valence-electron chi connectivity index (χ1n) is 5.38. The second kappa shape index (κ2) is 4.61. The van der Waals surface area contributed by atoms with Gasteiger partial charge in [0.05, 0.1) is 6.54 Å². The van der Waals surface area contributed by atoms with Crippen LogP contribution in [0.3, 0.4) is 0 Å². The van der Waals surface area contributed by atoms with Crippen LogP contribution in [-0.4, -0.2) is 16.9 Å². The summed E-state index contributed by atoms with van der Waals surface area (Å²) in [6.45, 7) is -0.769. The fraction of sp³-hybridized carbons (Fsp3) is 0.333. The Kier molecular flexibility index (Phi) is 3.30. The molecule has 0 fully saturated rings. The highest BCUT2D eigenvalue weighted by Crippen LogP contribution is 2.28. The minimum absolute atomic E-state index is 0.270. The molecule has 0 aliphatic carbocycles. The molecule has 0 aliphatic rings. The number of alkyl halides is 4. The molecular weight excluding hydrogens is 248 g/mol. The van der Waals surface area contributed by atoms with Crippen molar-refractivity contribution >= 4 is 10.9 Å². The monoisotopic (exact) mass is 260 g/mol. The van der Waals surface area contributed by atoms with Gasteiger partial charge in [0.25, 0.3) is 0 Å². The van der Waals surface area contributed by atoms with Crippen molar-refractivity contribution in [3.05, 3.63) is 36.0 Å². The Morgan fingerprint density at radius 3 is 2.56 bits per heavy atom. The molecule has 1 aromatic carbocycles. The molecule has 0 bridgehead atoms. The third kappa shape index (κ3) is 2.20. The first kappa shape index (κ1) is 12.9. The minimum Gasteiger partial charge on any atom is -0.341 e. The Bertz CT molecular complexity index is 548. The third-order valence-electron chi connectivity index (χ3n) is 2.82. The Hall–Kier alpha value is -1.56. The van der Waals surface area contributed by atoms with E-state index in [1.54, 1.807) is 24.3 Å². The summed E-state index contributed by atoms with van der Waals surface area (Å²) >= 11 is 0. The van der Waals surface area contributed by atoms with Gasteiger partial charge in [-0.3, -0.25) is 0 Å². The quantitative estimate of drug-likeness (QED) is 0.842. The van der Waals surface area contributed by atoms with E-state index in [0.29, 0.717) is 10.9 Å². The van der Waals surface area contributed by atoms with E-state index in [2.05, 4.69) is 0 Å². The molecule has 2 aromatic rings. The summed E-state index contributed by atoms with van der Waals surface area (Å²) in [6.07, 6.45) is -2.30. The molecule has 6 heteroatoms.